The minimum atomic E-state index is 0.00103. The molecular formula is C12H15N3O2. The van der Waals surface area contributed by atoms with Crippen LogP contribution < -0.4 is 10.2 Å². The molecule has 0 bridgehead atoms. The summed E-state index contributed by atoms with van der Waals surface area (Å²) in [5, 5.41) is 2.90. The molecule has 1 aliphatic rings. The molecule has 0 aromatic carbocycles. The van der Waals surface area contributed by atoms with Crippen LogP contribution in [0.1, 0.15) is 23.7 Å². The van der Waals surface area contributed by atoms with Gasteiger partial charge in [-0.05, 0) is 18.6 Å². The molecule has 1 atom stereocenters. The van der Waals surface area contributed by atoms with Crippen LogP contribution in [0, 0.1) is 0 Å². The van der Waals surface area contributed by atoms with E-state index in [0.29, 0.717) is 5.56 Å². The van der Waals surface area contributed by atoms with E-state index < -0.39 is 0 Å². The van der Waals surface area contributed by atoms with Crippen molar-refractivity contribution in [2.45, 2.75) is 19.4 Å². The van der Waals surface area contributed by atoms with Gasteiger partial charge in [-0.15, -0.1) is 0 Å². The highest BCUT2D eigenvalue weighted by Gasteiger charge is 2.23. The molecule has 1 amide bonds. The largest absolute Gasteiger partial charge is 0.354 e. The third kappa shape index (κ3) is 2.81. The van der Waals surface area contributed by atoms with E-state index in [1.165, 1.54) is 6.92 Å². The normalized spacial score (nSPS) is 19.1. The van der Waals surface area contributed by atoms with Crippen molar-refractivity contribution in [2.24, 2.45) is 0 Å². The topological polar surface area (TPSA) is 62.3 Å². The van der Waals surface area contributed by atoms with E-state index in [9.17, 15) is 9.59 Å². The Bertz CT molecular complexity index is 416. The number of carbonyl (C=O) groups excluding carboxylic acids is 2. The molecule has 2 rings (SSSR count). The molecule has 5 heteroatoms. The lowest BCUT2D eigenvalue weighted by molar-refractivity contribution is -0.119. The lowest BCUT2D eigenvalue weighted by Gasteiger charge is -2.17. The number of nitrogens with one attached hydrogen (secondary N) is 1. The van der Waals surface area contributed by atoms with E-state index in [2.05, 4.69) is 15.2 Å². The van der Waals surface area contributed by atoms with Gasteiger partial charge in [0.1, 0.15) is 5.82 Å². The molecule has 0 aliphatic carbocycles. The van der Waals surface area contributed by atoms with Crippen molar-refractivity contribution >= 4 is 18.0 Å². The van der Waals surface area contributed by atoms with E-state index in [1.807, 2.05) is 6.07 Å². The number of aldehydes is 1. The Hall–Kier alpha value is -1.91. The number of hydrogen-bond donors (Lipinski definition) is 1. The first-order valence-electron chi connectivity index (χ1n) is 5.62. The van der Waals surface area contributed by atoms with Gasteiger partial charge in [0, 0.05) is 37.8 Å². The third-order valence-corrected chi connectivity index (χ3v) is 2.83. The second-order valence-corrected chi connectivity index (χ2v) is 4.20. The number of carbonyl (C=O) groups is 2. The Morgan fingerprint density at radius 3 is 3.00 bits per heavy atom. The number of hydrogen-bond acceptors (Lipinski definition) is 4. The maximum absolute atomic E-state index is 10.9. The van der Waals surface area contributed by atoms with Crippen molar-refractivity contribution in [3.63, 3.8) is 0 Å². The van der Waals surface area contributed by atoms with Gasteiger partial charge in [-0.1, -0.05) is 0 Å². The molecule has 1 aromatic heterocycles. The second-order valence-electron chi connectivity index (χ2n) is 4.20. The summed E-state index contributed by atoms with van der Waals surface area (Å²) in [5.41, 5.74) is 0.575. The van der Waals surface area contributed by atoms with Crippen LogP contribution in [0.3, 0.4) is 0 Å². The highest BCUT2D eigenvalue weighted by atomic mass is 16.1. The van der Waals surface area contributed by atoms with Crippen molar-refractivity contribution in [3.8, 4) is 0 Å². The maximum atomic E-state index is 10.9. The average molecular weight is 233 g/mol. The first kappa shape index (κ1) is 11.6. The Labute approximate surface area is 99.8 Å². The summed E-state index contributed by atoms with van der Waals surface area (Å²) in [6.45, 7) is 3.17. The van der Waals surface area contributed by atoms with Gasteiger partial charge >= 0.3 is 0 Å². The summed E-state index contributed by atoms with van der Waals surface area (Å²) in [7, 11) is 0. The Kier molecular flexibility index (Phi) is 3.37. The summed E-state index contributed by atoms with van der Waals surface area (Å²) >= 11 is 0. The minimum absolute atomic E-state index is 0.00103. The van der Waals surface area contributed by atoms with E-state index in [4.69, 9.17) is 0 Å². The third-order valence-electron chi connectivity index (χ3n) is 2.83. The number of amides is 1. The van der Waals surface area contributed by atoms with Crippen molar-refractivity contribution in [1.82, 2.24) is 10.3 Å². The van der Waals surface area contributed by atoms with Crippen LogP contribution in [0.2, 0.25) is 0 Å². The Balaban J connectivity index is 1.99. The first-order chi connectivity index (χ1) is 8.19. The number of pyridine rings is 1. The minimum Gasteiger partial charge on any atom is -0.354 e. The van der Waals surface area contributed by atoms with E-state index >= 15 is 0 Å². The van der Waals surface area contributed by atoms with E-state index in [0.717, 1.165) is 31.6 Å². The van der Waals surface area contributed by atoms with E-state index in [1.54, 1.807) is 12.3 Å². The second kappa shape index (κ2) is 4.95. The monoisotopic (exact) mass is 233 g/mol. The van der Waals surface area contributed by atoms with Crippen LogP contribution in [0.25, 0.3) is 0 Å². The molecule has 1 fully saturated rings. The first-order valence-corrected chi connectivity index (χ1v) is 5.62. The molecule has 1 unspecified atom stereocenters. The standard InChI is InChI=1S/C12H15N3O2/c1-9(17)14-11-4-5-15(7-11)12-3-2-10(8-16)6-13-12/h2-3,6,8,11H,4-5,7H2,1H3,(H,14,17). The lowest BCUT2D eigenvalue weighted by atomic mass is 10.2. The zero-order valence-corrected chi connectivity index (χ0v) is 9.72. The van der Waals surface area contributed by atoms with Crippen molar-refractivity contribution in [1.29, 1.82) is 0 Å². The summed E-state index contributed by atoms with van der Waals surface area (Å²) in [5.74, 6) is 0.851. The molecule has 1 N–H and O–H groups in total. The van der Waals surface area contributed by atoms with Crippen LogP contribution in [-0.2, 0) is 4.79 Å². The van der Waals surface area contributed by atoms with Crippen LogP contribution in [-0.4, -0.2) is 36.3 Å². The van der Waals surface area contributed by atoms with Crippen molar-refractivity contribution in [3.05, 3.63) is 23.9 Å². The van der Waals surface area contributed by atoms with Crippen molar-refractivity contribution < 1.29 is 9.59 Å². The zero-order valence-electron chi connectivity index (χ0n) is 9.72. The van der Waals surface area contributed by atoms with Gasteiger partial charge in [-0.3, -0.25) is 9.59 Å². The van der Waals surface area contributed by atoms with Crippen molar-refractivity contribution in [2.75, 3.05) is 18.0 Å². The molecule has 2 heterocycles. The highest BCUT2D eigenvalue weighted by molar-refractivity contribution is 5.74. The maximum Gasteiger partial charge on any atom is 0.217 e. The predicted octanol–water partition coefficient (Wildman–Crippen LogP) is 0.609. The van der Waals surface area contributed by atoms with Crippen LogP contribution in [0.15, 0.2) is 18.3 Å². The van der Waals surface area contributed by atoms with Gasteiger partial charge in [-0.2, -0.15) is 0 Å². The summed E-state index contributed by atoms with van der Waals surface area (Å²) < 4.78 is 0. The zero-order chi connectivity index (χ0) is 12.3. The molecule has 0 radical (unpaired) electrons. The van der Waals surface area contributed by atoms with E-state index in [-0.39, 0.29) is 11.9 Å². The fraction of sp³-hybridized carbons (Fsp3) is 0.417. The van der Waals surface area contributed by atoms with Gasteiger partial charge in [0.2, 0.25) is 5.91 Å². The number of rotatable bonds is 3. The predicted molar refractivity (Wildman–Crippen MR) is 64.1 cm³/mol. The summed E-state index contributed by atoms with van der Waals surface area (Å²) in [6.07, 6.45) is 3.27. The quantitative estimate of drug-likeness (QED) is 0.777. The van der Waals surface area contributed by atoms with Crippen LogP contribution in [0.5, 0.6) is 0 Å². The molecule has 1 aromatic rings. The molecule has 1 aliphatic heterocycles. The molecule has 90 valence electrons. The number of anilines is 1. The van der Waals surface area contributed by atoms with Gasteiger partial charge in [0.05, 0.1) is 0 Å². The van der Waals surface area contributed by atoms with Crippen LogP contribution >= 0.6 is 0 Å². The summed E-state index contributed by atoms with van der Waals surface area (Å²) in [6, 6.07) is 3.78. The molecule has 0 spiro atoms. The van der Waals surface area contributed by atoms with Crippen LogP contribution in [0.4, 0.5) is 5.82 Å². The summed E-state index contributed by atoms with van der Waals surface area (Å²) in [4.78, 5) is 27.8. The molecule has 5 nitrogen and oxygen atoms in total. The Morgan fingerprint density at radius 1 is 1.59 bits per heavy atom. The number of aromatic nitrogens is 1. The Morgan fingerprint density at radius 2 is 2.41 bits per heavy atom. The molecular weight excluding hydrogens is 218 g/mol. The smallest absolute Gasteiger partial charge is 0.217 e. The highest BCUT2D eigenvalue weighted by Crippen LogP contribution is 2.17. The van der Waals surface area contributed by atoms with Gasteiger partial charge in [0.15, 0.2) is 6.29 Å². The fourth-order valence-corrected chi connectivity index (χ4v) is 2.03. The molecule has 0 saturated carbocycles. The van der Waals surface area contributed by atoms with Gasteiger partial charge < -0.3 is 10.2 Å². The SMILES string of the molecule is CC(=O)NC1CCN(c2ccc(C=O)cn2)C1. The number of nitrogens with zero attached hydrogens (tertiary/aromatic N) is 2. The van der Waals surface area contributed by atoms with Gasteiger partial charge in [0.25, 0.3) is 0 Å². The lowest BCUT2D eigenvalue weighted by Crippen LogP contribution is -2.35. The van der Waals surface area contributed by atoms with Gasteiger partial charge in [-0.25, -0.2) is 4.98 Å². The molecule has 17 heavy (non-hydrogen) atoms. The molecule has 1 saturated heterocycles. The average Bonchev–Trinajstić information content (AvgIpc) is 2.77. The fourth-order valence-electron chi connectivity index (χ4n) is 2.03.